The van der Waals surface area contributed by atoms with Crippen LogP contribution in [-0.4, -0.2) is 42.9 Å². The second kappa shape index (κ2) is 6.46. The molecule has 0 amide bonds. The fourth-order valence-electron chi connectivity index (χ4n) is 3.23. The molecule has 1 unspecified atom stereocenters. The third kappa shape index (κ3) is 2.76. The Kier molecular flexibility index (Phi) is 4.43. The van der Waals surface area contributed by atoms with E-state index in [9.17, 15) is 0 Å². The van der Waals surface area contributed by atoms with Crippen molar-refractivity contribution in [2.45, 2.75) is 31.7 Å². The average Bonchev–Trinajstić information content (AvgIpc) is 2.95. The summed E-state index contributed by atoms with van der Waals surface area (Å²) in [5, 5.41) is 8.93. The van der Waals surface area contributed by atoms with Gasteiger partial charge in [0.2, 0.25) is 0 Å². The average molecular weight is 277 g/mol. The van der Waals surface area contributed by atoms with E-state index in [-0.39, 0.29) is 6.61 Å². The molecule has 2 aliphatic heterocycles. The van der Waals surface area contributed by atoms with Crippen LogP contribution in [0.15, 0.2) is 18.2 Å². The molecule has 1 aromatic carbocycles. The predicted octanol–water partition coefficient (Wildman–Crippen LogP) is 2.37. The first-order valence-corrected chi connectivity index (χ1v) is 7.63. The van der Waals surface area contributed by atoms with Gasteiger partial charge in [-0.15, -0.1) is 0 Å². The fourth-order valence-corrected chi connectivity index (χ4v) is 3.23. The van der Waals surface area contributed by atoms with Gasteiger partial charge in [0.25, 0.3) is 0 Å². The molecular weight excluding hydrogens is 254 g/mol. The fraction of sp³-hybridized carbons (Fsp3) is 0.625. The molecule has 20 heavy (non-hydrogen) atoms. The number of aliphatic hydroxyl groups excluding tert-OH is 1. The van der Waals surface area contributed by atoms with Crippen LogP contribution in [0, 0.1) is 0 Å². The Hall–Kier alpha value is -1.26. The van der Waals surface area contributed by atoms with Gasteiger partial charge in [-0.3, -0.25) is 4.90 Å². The molecule has 0 aliphatic carbocycles. The number of nitrogens with zero attached hydrogens (tertiary/aromatic N) is 1. The van der Waals surface area contributed by atoms with Gasteiger partial charge < -0.3 is 14.6 Å². The number of likely N-dealkylation sites (tertiary alicyclic amines) is 1. The molecule has 2 aliphatic rings. The van der Waals surface area contributed by atoms with Crippen LogP contribution in [0.25, 0.3) is 0 Å². The van der Waals surface area contributed by atoms with Gasteiger partial charge in [-0.05, 0) is 44.8 Å². The minimum atomic E-state index is 0.288. The van der Waals surface area contributed by atoms with Crippen molar-refractivity contribution in [3.8, 4) is 11.5 Å². The topological polar surface area (TPSA) is 41.9 Å². The van der Waals surface area contributed by atoms with E-state index < -0.39 is 0 Å². The van der Waals surface area contributed by atoms with Gasteiger partial charge in [0.05, 0.1) is 0 Å². The van der Waals surface area contributed by atoms with Crippen molar-refractivity contribution in [3.63, 3.8) is 0 Å². The SMILES string of the molecule is OCCCCN1CCCC1c1cccc2c1OCCO2. The predicted molar refractivity (Wildman–Crippen MR) is 77.3 cm³/mol. The van der Waals surface area contributed by atoms with Crippen molar-refractivity contribution in [3.05, 3.63) is 23.8 Å². The Morgan fingerprint density at radius 2 is 2.10 bits per heavy atom. The summed E-state index contributed by atoms with van der Waals surface area (Å²) in [4.78, 5) is 2.52. The summed E-state index contributed by atoms with van der Waals surface area (Å²) < 4.78 is 11.5. The first-order chi connectivity index (χ1) is 9.90. The summed E-state index contributed by atoms with van der Waals surface area (Å²) in [7, 11) is 0. The first-order valence-electron chi connectivity index (χ1n) is 7.63. The summed E-state index contributed by atoms with van der Waals surface area (Å²) in [6, 6.07) is 6.66. The maximum Gasteiger partial charge on any atom is 0.166 e. The maximum absolute atomic E-state index is 8.93. The number of unbranched alkanes of at least 4 members (excludes halogenated alkanes) is 1. The lowest BCUT2D eigenvalue weighted by molar-refractivity contribution is 0.163. The highest BCUT2D eigenvalue weighted by Crippen LogP contribution is 2.42. The van der Waals surface area contributed by atoms with Gasteiger partial charge in [-0.25, -0.2) is 0 Å². The molecule has 2 heterocycles. The number of rotatable bonds is 5. The number of benzene rings is 1. The maximum atomic E-state index is 8.93. The minimum Gasteiger partial charge on any atom is -0.486 e. The van der Waals surface area contributed by atoms with Crippen LogP contribution >= 0.6 is 0 Å². The molecule has 4 nitrogen and oxygen atoms in total. The van der Waals surface area contributed by atoms with E-state index in [1.54, 1.807) is 0 Å². The Morgan fingerprint density at radius 1 is 1.20 bits per heavy atom. The monoisotopic (exact) mass is 277 g/mol. The van der Waals surface area contributed by atoms with Gasteiger partial charge in [0, 0.05) is 18.2 Å². The number of ether oxygens (including phenoxy) is 2. The molecule has 3 rings (SSSR count). The third-order valence-electron chi connectivity index (χ3n) is 4.17. The molecule has 1 aromatic rings. The van der Waals surface area contributed by atoms with Crippen LogP contribution in [0.3, 0.4) is 0 Å². The van der Waals surface area contributed by atoms with Crippen molar-refractivity contribution in [2.24, 2.45) is 0 Å². The van der Waals surface area contributed by atoms with Crippen LogP contribution in [0.2, 0.25) is 0 Å². The number of aliphatic hydroxyl groups is 1. The lowest BCUT2D eigenvalue weighted by Crippen LogP contribution is -2.26. The van der Waals surface area contributed by atoms with Gasteiger partial charge in [0.15, 0.2) is 11.5 Å². The molecule has 1 N–H and O–H groups in total. The normalized spacial score (nSPS) is 22.1. The molecule has 4 heteroatoms. The second-order valence-electron chi connectivity index (χ2n) is 5.50. The number of para-hydroxylation sites is 1. The molecule has 1 fully saturated rings. The molecule has 0 radical (unpaired) electrons. The Balaban J connectivity index is 1.77. The highest BCUT2D eigenvalue weighted by Gasteiger charge is 2.29. The van der Waals surface area contributed by atoms with E-state index in [0.29, 0.717) is 19.3 Å². The van der Waals surface area contributed by atoms with Gasteiger partial charge in [-0.1, -0.05) is 12.1 Å². The summed E-state index contributed by atoms with van der Waals surface area (Å²) in [6.45, 7) is 3.76. The standard InChI is InChI=1S/C16H23NO3/c18-10-2-1-8-17-9-4-6-14(17)13-5-3-7-15-16(13)20-12-11-19-15/h3,5,7,14,18H,1-2,4,6,8-12H2. The quantitative estimate of drug-likeness (QED) is 0.839. The molecule has 0 spiro atoms. The molecule has 0 aromatic heterocycles. The highest BCUT2D eigenvalue weighted by atomic mass is 16.6. The van der Waals surface area contributed by atoms with Crippen LogP contribution < -0.4 is 9.47 Å². The largest absolute Gasteiger partial charge is 0.486 e. The van der Waals surface area contributed by atoms with Crippen molar-refractivity contribution in [1.82, 2.24) is 4.90 Å². The van der Waals surface area contributed by atoms with Crippen LogP contribution in [-0.2, 0) is 0 Å². The summed E-state index contributed by atoms with van der Waals surface area (Å²) >= 11 is 0. The minimum absolute atomic E-state index is 0.288. The zero-order chi connectivity index (χ0) is 13.8. The highest BCUT2D eigenvalue weighted by molar-refractivity contribution is 5.49. The third-order valence-corrected chi connectivity index (χ3v) is 4.17. The zero-order valence-electron chi connectivity index (χ0n) is 11.9. The van der Waals surface area contributed by atoms with Crippen LogP contribution in [0.1, 0.15) is 37.3 Å². The Morgan fingerprint density at radius 3 is 3.00 bits per heavy atom. The van der Waals surface area contributed by atoms with Crippen LogP contribution in [0.4, 0.5) is 0 Å². The summed E-state index contributed by atoms with van der Waals surface area (Å²) in [5.41, 5.74) is 1.27. The van der Waals surface area contributed by atoms with Crippen molar-refractivity contribution in [2.75, 3.05) is 32.9 Å². The number of fused-ring (bicyclic) bond motifs is 1. The van der Waals surface area contributed by atoms with E-state index in [1.807, 2.05) is 6.07 Å². The summed E-state index contributed by atoms with van der Waals surface area (Å²) in [6.07, 6.45) is 4.35. The molecular formula is C16H23NO3. The van der Waals surface area contributed by atoms with Gasteiger partial charge in [-0.2, -0.15) is 0 Å². The van der Waals surface area contributed by atoms with Crippen molar-refractivity contribution < 1.29 is 14.6 Å². The molecule has 110 valence electrons. The second-order valence-corrected chi connectivity index (χ2v) is 5.50. The van der Waals surface area contributed by atoms with E-state index >= 15 is 0 Å². The summed E-state index contributed by atoms with van der Waals surface area (Å²) in [5.74, 6) is 1.83. The van der Waals surface area contributed by atoms with E-state index in [1.165, 1.54) is 18.4 Å². The number of hydrogen-bond donors (Lipinski definition) is 1. The van der Waals surface area contributed by atoms with E-state index in [2.05, 4.69) is 17.0 Å². The van der Waals surface area contributed by atoms with Crippen molar-refractivity contribution in [1.29, 1.82) is 0 Å². The molecule has 0 bridgehead atoms. The Labute approximate surface area is 120 Å². The molecule has 0 saturated carbocycles. The lowest BCUT2D eigenvalue weighted by atomic mass is 10.0. The van der Waals surface area contributed by atoms with E-state index in [0.717, 1.165) is 37.4 Å². The van der Waals surface area contributed by atoms with Crippen LogP contribution in [0.5, 0.6) is 11.5 Å². The molecule has 1 saturated heterocycles. The van der Waals surface area contributed by atoms with Gasteiger partial charge in [0.1, 0.15) is 13.2 Å². The molecule has 1 atom stereocenters. The van der Waals surface area contributed by atoms with Gasteiger partial charge >= 0.3 is 0 Å². The lowest BCUT2D eigenvalue weighted by Gasteiger charge is -2.28. The Bertz CT molecular complexity index is 449. The smallest absolute Gasteiger partial charge is 0.166 e. The zero-order valence-corrected chi connectivity index (χ0v) is 11.9. The number of hydrogen-bond acceptors (Lipinski definition) is 4. The first kappa shape index (κ1) is 13.7. The van der Waals surface area contributed by atoms with E-state index in [4.69, 9.17) is 14.6 Å². The van der Waals surface area contributed by atoms with Crippen molar-refractivity contribution >= 4 is 0 Å².